The van der Waals surface area contributed by atoms with Crippen molar-refractivity contribution in [2.45, 2.75) is 32.7 Å². The Bertz CT molecular complexity index is 414. The zero-order valence-corrected chi connectivity index (χ0v) is 11.3. The van der Waals surface area contributed by atoms with Crippen molar-refractivity contribution < 1.29 is 0 Å². The van der Waals surface area contributed by atoms with Crippen molar-refractivity contribution >= 4 is 16.9 Å². The zero-order valence-electron chi connectivity index (χ0n) is 10.5. The normalized spacial score (nSPS) is 13.6. The SMILES string of the molecule is C=C(/C=C\C=C/CCC)c1cnc(C(C)N)s1. The third kappa shape index (κ3) is 4.67. The van der Waals surface area contributed by atoms with E-state index in [0.29, 0.717) is 0 Å². The van der Waals surface area contributed by atoms with Gasteiger partial charge in [0.25, 0.3) is 0 Å². The highest BCUT2D eigenvalue weighted by Gasteiger charge is 2.06. The molecule has 0 saturated carbocycles. The van der Waals surface area contributed by atoms with Crippen molar-refractivity contribution in [1.82, 2.24) is 4.98 Å². The maximum atomic E-state index is 5.77. The largest absolute Gasteiger partial charge is 0.322 e. The van der Waals surface area contributed by atoms with Crippen molar-refractivity contribution in [3.8, 4) is 0 Å². The average molecular weight is 248 g/mol. The Morgan fingerprint density at radius 2 is 2.35 bits per heavy atom. The maximum absolute atomic E-state index is 5.77. The molecular weight excluding hydrogens is 228 g/mol. The summed E-state index contributed by atoms with van der Waals surface area (Å²) in [6.07, 6.45) is 12.4. The molecule has 1 aromatic rings. The van der Waals surface area contributed by atoms with Gasteiger partial charge in [0, 0.05) is 6.20 Å². The molecule has 1 atom stereocenters. The molecule has 0 fully saturated rings. The molecule has 2 nitrogen and oxygen atoms in total. The van der Waals surface area contributed by atoms with Crippen molar-refractivity contribution in [2.75, 3.05) is 0 Å². The fourth-order valence-electron chi connectivity index (χ4n) is 1.24. The number of nitrogens with two attached hydrogens (primary N) is 1. The minimum atomic E-state index is -0.00465. The van der Waals surface area contributed by atoms with E-state index in [4.69, 9.17) is 5.73 Å². The first-order chi connectivity index (χ1) is 8.15. The monoisotopic (exact) mass is 248 g/mol. The second-order valence-electron chi connectivity index (χ2n) is 3.95. The van der Waals surface area contributed by atoms with E-state index >= 15 is 0 Å². The smallest absolute Gasteiger partial charge is 0.110 e. The molecule has 0 amide bonds. The van der Waals surface area contributed by atoms with Crippen LogP contribution in [0.15, 0.2) is 37.1 Å². The zero-order chi connectivity index (χ0) is 12.7. The van der Waals surface area contributed by atoms with Crippen molar-refractivity contribution in [3.63, 3.8) is 0 Å². The van der Waals surface area contributed by atoms with Crippen molar-refractivity contribution in [2.24, 2.45) is 5.73 Å². The average Bonchev–Trinajstić information content (AvgIpc) is 2.78. The molecule has 0 aromatic carbocycles. The Hall–Kier alpha value is -1.19. The predicted molar refractivity (Wildman–Crippen MR) is 76.9 cm³/mol. The summed E-state index contributed by atoms with van der Waals surface area (Å²) in [4.78, 5) is 5.36. The van der Waals surface area contributed by atoms with Gasteiger partial charge in [0.2, 0.25) is 0 Å². The van der Waals surface area contributed by atoms with Crippen molar-refractivity contribution in [3.05, 3.63) is 47.0 Å². The van der Waals surface area contributed by atoms with Crippen LogP contribution < -0.4 is 5.73 Å². The van der Waals surface area contributed by atoms with Gasteiger partial charge in [0.15, 0.2) is 0 Å². The molecule has 0 bridgehead atoms. The minimum Gasteiger partial charge on any atom is -0.322 e. The van der Waals surface area contributed by atoms with Gasteiger partial charge in [-0.2, -0.15) is 0 Å². The van der Waals surface area contributed by atoms with E-state index in [2.05, 4.69) is 30.6 Å². The van der Waals surface area contributed by atoms with Gasteiger partial charge < -0.3 is 5.73 Å². The van der Waals surface area contributed by atoms with E-state index in [1.807, 2.05) is 25.3 Å². The number of aromatic nitrogens is 1. The Balaban J connectivity index is 2.57. The summed E-state index contributed by atoms with van der Waals surface area (Å²) in [5.74, 6) is 0. The van der Waals surface area contributed by atoms with E-state index in [1.165, 1.54) is 6.42 Å². The van der Waals surface area contributed by atoms with Crippen LogP contribution in [0.1, 0.15) is 42.6 Å². The lowest BCUT2D eigenvalue weighted by Crippen LogP contribution is -2.03. The van der Waals surface area contributed by atoms with Gasteiger partial charge in [-0.15, -0.1) is 11.3 Å². The molecule has 1 heterocycles. The molecule has 17 heavy (non-hydrogen) atoms. The highest BCUT2D eigenvalue weighted by Crippen LogP contribution is 2.24. The first kappa shape index (κ1) is 13.9. The van der Waals surface area contributed by atoms with Gasteiger partial charge in [0.05, 0.1) is 10.9 Å². The highest BCUT2D eigenvalue weighted by molar-refractivity contribution is 7.12. The molecule has 0 aliphatic heterocycles. The van der Waals surface area contributed by atoms with E-state index in [-0.39, 0.29) is 6.04 Å². The second-order valence-corrected chi connectivity index (χ2v) is 5.01. The van der Waals surface area contributed by atoms with Gasteiger partial charge in [0.1, 0.15) is 5.01 Å². The first-order valence-electron chi connectivity index (χ1n) is 5.89. The van der Waals surface area contributed by atoms with Crippen LogP contribution in [0, 0.1) is 0 Å². The molecule has 1 rings (SSSR count). The molecule has 1 aromatic heterocycles. The van der Waals surface area contributed by atoms with Crippen LogP contribution in [0.2, 0.25) is 0 Å². The third-order valence-electron chi connectivity index (χ3n) is 2.23. The quantitative estimate of drug-likeness (QED) is 0.770. The summed E-state index contributed by atoms with van der Waals surface area (Å²) in [5.41, 5.74) is 6.75. The van der Waals surface area contributed by atoms with E-state index in [0.717, 1.165) is 21.9 Å². The van der Waals surface area contributed by atoms with Gasteiger partial charge >= 0.3 is 0 Å². The van der Waals surface area contributed by atoms with Crippen molar-refractivity contribution in [1.29, 1.82) is 0 Å². The number of hydrogen-bond donors (Lipinski definition) is 1. The molecular formula is C14H20N2S. The molecule has 0 spiro atoms. The number of hydrogen-bond acceptors (Lipinski definition) is 3. The maximum Gasteiger partial charge on any atom is 0.110 e. The summed E-state index contributed by atoms with van der Waals surface area (Å²) in [6.45, 7) is 8.13. The van der Waals surface area contributed by atoms with Gasteiger partial charge in [-0.25, -0.2) is 4.98 Å². The summed E-state index contributed by atoms with van der Waals surface area (Å²) < 4.78 is 0. The number of rotatable bonds is 6. The molecule has 92 valence electrons. The summed E-state index contributed by atoms with van der Waals surface area (Å²) in [5, 5.41) is 0.955. The van der Waals surface area contributed by atoms with E-state index < -0.39 is 0 Å². The fraction of sp³-hybridized carbons (Fsp3) is 0.357. The summed E-state index contributed by atoms with van der Waals surface area (Å²) >= 11 is 1.61. The molecule has 3 heteroatoms. The lowest BCUT2D eigenvalue weighted by atomic mass is 10.2. The molecule has 0 saturated heterocycles. The number of thiazole rings is 1. The first-order valence-corrected chi connectivity index (χ1v) is 6.70. The number of allylic oxidation sites excluding steroid dienone is 5. The van der Waals surface area contributed by atoms with Crippen LogP contribution in [-0.2, 0) is 0 Å². The van der Waals surface area contributed by atoms with Crippen LogP contribution >= 0.6 is 11.3 Å². The van der Waals surface area contributed by atoms with Gasteiger partial charge in [-0.3, -0.25) is 0 Å². The van der Waals surface area contributed by atoms with Crippen LogP contribution in [0.4, 0.5) is 0 Å². The van der Waals surface area contributed by atoms with Crippen LogP contribution in [0.25, 0.3) is 5.57 Å². The second kappa shape index (κ2) is 7.20. The minimum absolute atomic E-state index is 0.00465. The Labute approximate surface area is 108 Å². The number of nitrogens with zero attached hydrogens (tertiary/aromatic N) is 1. The van der Waals surface area contributed by atoms with Gasteiger partial charge in [-0.1, -0.05) is 44.2 Å². The number of unbranched alkanes of at least 4 members (excludes halogenated alkanes) is 1. The standard InChI is InChI=1S/C14H20N2S/c1-4-5-6-7-8-9-11(2)13-10-16-14(17-13)12(3)15/h6-10,12H,2,4-5,15H2,1,3H3/b7-6-,9-8-. The van der Waals surface area contributed by atoms with Crippen LogP contribution in [0.5, 0.6) is 0 Å². The topological polar surface area (TPSA) is 38.9 Å². The summed E-state index contributed by atoms with van der Waals surface area (Å²) in [6, 6.07) is -0.00465. The molecule has 0 radical (unpaired) electrons. The predicted octanol–water partition coefficient (Wildman–Crippen LogP) is 4.09. The van der Waals surface area contributed by atoms with E-state index in [1.54, 1.807) is 11.3 Å². The third-order valence-corrected chi connectivity index (χ3v) is 3.50. The fourth-order valence-corrected chi connectivity index (χ4v) is 2.06. The van der Waals surface area contributed by atoms with Crippen LogP contribution in [-0.4, -0.2) is 4.98 Å². The Kier molecular flexibility index (Phi) is 5.87. The molecule has 2 N–H and O–H groups in total. The molecule has 1 unspecified atom stereocenters. The summed E-state index contributed by atoms with van der Waals surface area (Å²) in [7, 11) is 0. The lowest BCUT2D eigenvalue weighted by Gasteiger charge is -1.96. The van der Waals surface area contributed by atoms with Crippen LogP contribution in [0.3, 0.4) is 0 Å². The highest BCUT2D eigenvalue weighted by atomic mass is 32.1. The molecule has 0 aliphatic rings. The Morgan fingerprint density at radius 1 is 1.59 bits per heavy atom. The Morgan fingerprint density at radius 3 is 2.94 bits per heavy atom. The molecule has 0 aliphatic carbocycles. The lowest BCUT2D eigenvalue weighted by molar-refractivity contribution is 0.807. The van der Waals surface area contributed by atoms with E-state index in [9.17, 15) is 0 Å². The van der Waals surface area contributed by atoms with Gasteiger partial charge in [-0.05, 0) is 18.9 Å².